The van der Waals surface area contributed by atoms with E-state index in [2.05, 4.69) is 43.0 Å². The fourth-order valence-corrected chi connectivity index (χ4v) is 4.18. The van der Waals surface area contributed by atoms with Crippen molar-refractivity contribution in [3.8, 4) is 5.75 Å². The highest BCUT2D eigenvalue weighted by molar-refractivity contribution is 6.06. The van der Waals surface area contributed by atoms with E-state index in [0.717, 1.165) is 41.9 Å². The van der Waals surface area contributed by atoms with Gasteiger partial charge in [0.25, 0.3) is 0 Å². The summed E-state index contributed by atoms with van der Waals surface area (Å²) in [4.78, 5) is 12.2. The molecular formula is C34H40O2. The molecule has 3 aromatic carbocycles. The number of aryl methyl sites for hydroxylation is 1. The normalized spacial score (nSPS) is 11.0. The van der Waals surface area contributed by atoms with Crippen LogP contribution in [0.15, 0.2) is 91.5 Å². The summed E-state index contributed by atoms with van der Waals surface area (Å²) < 4.78 is 5.84. The summed E-state index contributed by atoms with van der Waals surface area (Å²) in [5.41, 5.74) is 5.41. The van der Waals surface area contributed by atoms with Gasteiger partial charge in [-0.05, 0) is 61.1 Å². The van der Waals surface area contributed by atoms with Crippen molar-refractivity contribution in [3.05, 3.63) is 114 Å². The second-order valence-corrected chi connectivity index (χ2v) is 9.54. The van der Waals surface area contributed by atoms with Gasteiger partial charge in [0.1, 0.15) is 5.75 Å². The monoisotopic (exact) mass is 480 g/mol. The number of carbonyl (C=O) groups is 1. The molecule has 0 heterocycles. The van der Waals surface area contributed by atoms with E-state index in [-0.39, 0.29) is 5.78 Å². The molecule has 0 bridgehead atoms. The molecule has 0 saturated heterocycles. The van der Waals surface area contributed by atoms with Crippen molar-refractivity contribution < 1.29 is 9.53 Å². The molecular weight excluding hydrogens is 440 g/mol. The van der Waals surface area contributed by atoms with Gasteiger partial charge in [-0.1, -0.05) is 123 Å². The summed E-state index contributed by atoms with van der Waals surface area (Å²) in [6.07, 6.45) is 14.8. The molecule has 0 N–H and O–H groups in total. The van der Waals surface area contributed by atoms with E-state index in [1.807, 2.05) is 55.5 Å². The highest BCUT2D eigenvalue weighted by atomic mass is 16.5. The van der Waals surface area contributed by atoms with Crippen LogP contribution >= 0.6 is 0 Å². The van der Waals surface area contributed by atoms with Gasteiger partial charge in [-0.3, -0.25) is 4.79 Å². The van der Waals surface area contributed by atoms with Gasteiger partial charge >= 0.3 is 0 Å². The molecule has 2 heteroatoms. The zero-order chi connectivity index (χ0) is 25.4. The first kappa shape index (κ1) is 27.2. The molecule has 3 aromatic rings. The summed E-state index contributed by atoms with van der Waals surface area (Å²) in [5, 5.41) is 0. The molecule has 0 spiro atoms. The molecule has 188 valence electrons. The van der Waals surface area contributed by atoms with Crippen LogP contribution in [0.3, 0.4) is 0 Å². The van der Waals surface area contributed by atoms with Gasteiger partial charge in [-0.2, -0.15) is 0 Å². The molecule has 0 aliphatic carbocycles. The van der Waals surface area contributed by atoms with Crippen molar-refractivity contribution in [2.45, 2.75) is 64.7 Å². The van der Waals surface area contributed by atoms with Crippen molar-refractivity contribution in [1.82, 2.24) is 0 Å². The second-order valence-electron chi connectivity index (χ2n) is 9.54. The summed E-state index contributed by atoms with van der Waals surface area (Å²) in [6, 6.07) is 26.2. The van der Waals surface area contributed by atoms with Crippen LogP contribution in [-0.4, -0.2) is 12.4 Å². The van der Waals surface area contributed by atoms with Crippen molar-refractivity contribution in [2.24, 2.45) is 0 Å². The maximum Gasteiger partial charge on any atom is 0.185 e. The van der Waals surface area contributed by atoms with Gasteiger partial charge < -0.3 is 4.74 Å². The number of ether oxygens (including phenoxy) is 1. The molecule has 0 aliphatic rings. The number of hydrogen-bond donors (Lipinski definition) is 0. The molecule has 0 amide bonds. The zero-order valence-electron chi connectivity index (χ0n) is 21.8. The Labute approximate surface area is 217 Å². The standard InChI is InChI=1S/C34H40O2/c1-28(2)31-22-24-33(25-23-31)36-27-13-8-6-4-3-5-7-10-14-29-17-19-30(20-18-29)21-26-34(35)32-15-11-9-12-16-32/h9,11-12,15-26H,1,3-8,10,13-14,27H2,2H3. The maximum absolute atomic E-state index is 12.2. The Balaban J connectivity index is 1.18. The van der Waals surface area contributed by atoms with Crippen LogP contribution in [0.25, 0.3) is 11.6 Å². The second kappa shape index (κ2) is 15.6. The molecule has 36 heavy (non-hydrogen) atoms. The molecule has 0 fully saturated rings. The van der Waals surface area contributed by atoms with Crippen LogP contribution in [-0.2, 0) is 6.42 Å². The molecule has 0 saturated carbocycles. The minimum absolute atomic E-state index is 0.0396. The Bertz CT molecular complexity index is 1080. The Hall–Kier alpha value is -3.39. The molecule has 0 unspecified atom stereocenters. The number of ketones is 1. The third-order valence-electron chi connectivity index (χ3n) is 6.44. The summed E-state index contributed by atoms with van der Waals surface area (Å²) in [5.74, 6) is 0.988. The highest BCUT2D eigenvalue weighted by Crippen LogP contribution is 2.18. The van der Waals surface area contributed by atoms with E-state index in [9.17, 15) is 4.79 Å². The molecule has 0 radical (unpaired) electrons. The Morgan fingerprint density at radius 1 is 0.722 bits per heavy atom. The fourth-order valence-electron chi connectivity index (χ4n) is 4.18. The first-order valence-electron chi connectivity index (χ1n) is 13.4. The average Bonchev–Trinajstić information content (AvgIpc) is 2.91. The number of allylic oxidation sites excluding steroid dienone is 2. The smallest absolute Gasteiger partial charge is 0.185 e. The third-order valence-corrected chi connectivity index (χ3v) is 6.44. The Kier molecular flexibility index (Phi) is 11.8. The summed E-state index contributed by atoms with van der Waals surface area (Å²) in [6.45, 7) is 6.78. The van der Waals surface area contributed by atoms with Crippen LogP contribution in [0.5, 0.6) is 5.75 Å². The van der Waals surface area contributed by atoms with Crippen LogP contribution in [0, 0.1) is 0 Å². The molecule has 0 atom stereocenters. The third kappa shape index (κ3) is 10.1. The number of rotatable bonds is 16. The SMILES string of the molecule is C=C(C)c1ccc(OCCCCCCCCCCc2ccc(C=CC(=O)c3ccccc3)cc2)cc1. The van der Waals surface area contributed by atoms with Crippen molar-refractivity contribution in [1.29, 1.82) is 0 Å². The Morgan fingerprint density at radius 3 is 1.97 bits per heavy atom. The van der Waals surface area contributed by atoms with E-state index < -0.39 is 0 Å². The largest absolute Gasteiger partial charge is 0.494 e. The van der Waals surface area contributed by atoms with Gasteiger partial charge in [-0.15, -0.1) is 0 Å². The zero-order valence-corrected chi connectivity index (χ0v) is 21.8. The van der Waals surface area contributed by atoms with Crippen LogP contribution < -0.4 is 4.74 Å². The lowest BCUT2D eigenvalue weighted by atomic mass is 10.0. The van der Waals surface area contributed by atoms with Crippen LogP contribution in [0.1, 0.15) is 85.3 Å². The first-order valence-corrected chi connectivity index (χ1v) is 13.4. The molecule has 0 aromatic heterocycles. The predicted octanol–water partition coefficient (Wildman–Crippen LogP) is 9.36. The lowest BCUT2D eigenvalue weighted by molar-refractivity contribution is 0.104. The minimum Gasteiger partial charge on any atom is -0.494 e. The lowest BCUT2D eigenvalue weighted by Gasteiger charge is -2.07. The average molecular weight is 481 g/mol. The van der Waals surface area contributed by atoms with Crippen molar-refractivity contribution in [2.75, 3.05) is 6.61 Å². The van der Waals surface area contributed by atoms with Crippen LogP contribution in [0.2, 0.25) is 0 Å². The van der Waals surface area contributed by atoms with E-state index in [0.29, 0.717) is 0 Å². The van der Waals surface area contributed by atoms with Gasteiger partial charge in [0.2, 0.25) is 0 Å². The highest BCUT2D eigenvalue weighted by Gasteiger charge is 2.00. The number of hydrogen-bond acceptors (Lipinski definition) is 2. The van der Waals surface area contributed by atoms with Gasteiger partial charge in [-0.25, -0.2) is 0 Å². The van der Waals surface area contributed by atoms with E-state index in [4.69, 9.17) is 4.74 Å². The first-order chi connectivity index (χ1) is 17.6. The number of carbonyl (C=O) groups excluding carboxylic acids is 1. The lowest BCUT2D eigenvalue weighted by Crippen LogP contribution is -1.97. The predicted molar refractivity (Wildman–Crippen MR) is 154 cm³/mol. The van der Waals surface area contributed by atoms with E-state index in [1.165, 1.54) is 56.1 Å². The Morgan fingerprint density at radius 2 is 1.33 bits per heavy atom. The van der Waals surface area contributed by atoms with Gasteiger partial charge in [0.05, 0.1) is 6.61 Å². The van der Waals surface area contributed by atoms with Gasteiger partial charge in [0, 0.05) is 5.56 Å². The molecule has 2 nitrogen and oxygen atoms in total. The summed E-state index contributed by atoms with van der Waals surface area (Å²) >= 11 is 0. The molecule has 3 rings (SSSR count). The van der Waals surface area contributed by atoms with Crippen LogP contribution in [0.4, 0.5) is 0 Å². The van der Waals surface area contributed by atoms with Crippen molar-refractivity contribution in [3.63, 3.8) is 0 Å². The van der Waals surface area contributed by atoms with E-state index >= 15 is 0 Å². The van der Waals surface area contributed by atoms with E-state index in [1.54, 1.807) is 6.08 Å². The summed E-state index contributed by atoms with van der Waals surface area (Å²) in [7, 11) is 0. The quantitative estimate of drug-likeness (QED) is 0.116. The topological polar surface area (TPSA) is 26.3 Å². The maximum atomic E-state index is 12.2. The van der Waals surface area contributed by atoms with Gasteiger partial charge in [0.15, 0.2) is 5.78 Å². The number of benzene rings is 3. The minimum atomic E-state index is 0.0396. The number of unbranched alkanes of at least 4 members (excludes halogenated alkanes) is 7. The molecule has 0 aliphatic heterocycles. The van der Waals surface area contributed by atoms with Crippen molar-refractivity contribution >= 4 is 17.4 Å². The fraction of sp³-hybridized carbons (Fsp3) is 0.324.